The van der Waals surface area contributed by atoms with Gasteiger partial charge in [-0.25, -0.2) is 0 Å². The topological polar surface area (TPSA) is 60.9 Å². The van der Waals surface area contributed by atoms with E-state index < -0.39 is 0 Å². The van der Waals surface area contributed by atoms with Crippen molar-refractivity contribution in [2.45, 2.75) is 32.7 Å². The smallest absolute Gasteiger partial charge is 0.185 e. The highest BCUT2D eigenvalue weighted by Crippen LogP contribution is 2.34. The van der Waals surface area contributed by atoms with Gasteiger partial charge < -0.3 is 5.73 Å². The number of hydrogen-bond donors (Lipinski definition) is 1. The van der Waals surface area contributed by atoms with E-state index in [4.69, 9.17) is 17.3 Å². The van der Waals surface area contributed by atoms with Gasteiger partial charge in [-0.05, 0) is 32.2 Å². The van der Waals surface area contributed by atoms with Crippen molar-refractivity contribution >= 4 is 17.4 Å². The maximum absolute atomic E-state index is 12.5. The summed E-state index contributed by atoms with van der Waals surface area (Å²) in [5, 5.41) is 4.57. The molecule has 0 radical (unpaired) electrons. The maximum atomic E-state index is 12.5. The van der Waals surface area contributed by atoms with E-state index in [9.17, 15) is 4.79 Å². The second kappa shape index (κ2) is 5.19. The van der Waals surface area contributed by atoms with Gasteiger partial charge in [0.1, 0.15) is 5.69 Å². The lowest BCUT2D eigenvalue weighted by molar-refractivity contribution is 0.0882. The Morgan fingerprint density at radius 1 is 1.65 bits per heavy atom. The van der Waals surface area contributed by atoms with Crippen molar-refractivity contribution in [3.05, 3.63) is 16.9 Å². The summed E-state index contributed by atoms with van der Waals surface area (Å²) < 4.78 is 1.68. The van der Waals surface area contributed by atoms with Crippen LogP contribution in [0.3, 0.4) is 0 Å². The molecule has 2 atom stereocenters. The number of halogens is 1. The van der Waals surface area contributed by atoms with E-state index in [-0.39, 0.29) is 11.7 Å². The van der Waals surface area contributed by atoms with Crippen molar-refractivity contribution in [2.24, 2.45) is 17.6 Å². The molecule has 2 N–H and O–H groups in total. The normalized spacial score (nSPS) is 24.2. The number of nitrogens with two attached hydrogens (primary N) is 1. The summed E-state index contributed by atoms with van der Waals surface area (Å²) in [5.74, 6) is 0.445. The summed E-state index contributed by atoms with van der Waals surface area (Å²) in [6.45, 7) is 3.19. The monoisotopic (exact) mass is 255 g/mol. The number of aryl methyl sites for hydroxylation is 1. The molecule has 1 aliphatic rings. The van der Waals surface area contributed by atoms with Crippen LogP contribution in [0, 0.1) is 11.8 Å². The number of nitrogens with zero attached hydrogens (tertiary/aromatic N) is 2. The van der Waals surface area contributed by atoms with Crippen molar-refractivity contribution in [1.82, 2.24) is 9.78 Å². The molecular weight excluding hydrogens is 238 g/mol. The average molecular weight is 256 g/mol. The van der Waals surface area contributed by atoms with Crippen LogP contribution < -0.4 is 5.73 Å². The van der Waals surface area contributed by atoms with Crippen LogP contribution in [0.1, 0.15) is 36.7 Å². The highest BCUT2D eigenvalue weighted by molar-refractivity contribution is 6.33. The molecule has 0 spiro atoms. The molecule has 0 saturated heterocycles. The third-order valence-electron chi connectivity index (χ3n) is 3.63. The first-order chi connectivity index (χ1) is 8.19. The molecule has 1 fully saturated rings. The summed E-state index contributed by atoms with van der Waals surface area (Å²) in [6.07, 6.45) is 4.59. The Hall–Kier alpha value is -0.870. The molecular formula is C12H18ClN3O. The van der Waals surface area contributed by atoms with Crippen LogP contribution in [-0.2, 0) is 6.54 Å². The zero-order chi connectivity index (χ0) is 12.4. The number of Topliss-reactive ketones (excluding diaryl/α,β-unsaturated/α-hetero) is 1. The zero-order valence-electron chi connectivity index (χ0n) is 10.0. The van der Waals surface area contributed by atoms with E-state index in [0.29, 0.717) is 29.7 Å². The quantitative estimate of drug-likeness (QED) is 0.839. The van der Waals surface area contributed by atoms with Gasteiger partial charge in [-0.15, -0.1) is 0 Å². The molecule has 1 saturated carbocycles. The molecule has 17 heavy (non-hydrogen) atoms. The highest BCUT2D eigenvalue weighted by atomic mass is 35.5. The minimum Gasteiger partial charge on any atom is -0.330 e. The molecule has 5 heteroatoms. The Morgan fingerprint density at radius 2 is 2.41 bits per heavy atom. The SMILES string of the molecule is CCn1ncc(Cl)c1C(=O)C1CCCC1CN. The summed E-state index contributed by atoms with van der Waals surface area (Å²) >= 11 is 6.05. The van der Waals surface area contributed by atoms with Crippen LogP contribution in [0.4, 0.5) is 0 Å². The zero-order valence-corrected chi connectivity index (χ0v) is 10.8. The van der Waals surface area contributed by atoms with Gasteiger partial charge in [0.2, 0.25) is 0 Å². The fraction of sp³-hybridized carbons (Fsp3) is 0.667. The lowest BCUT2D eigenvalue weighted by Gasteiger charge is -2.17. The second-order valence-electron chi connectivity index (χ2n) is 4.55. The van der Waals surface area contributed by atoms with Crippen LogP contribution in [0.5, 0.6) is 0 Å². The first-order valence-corrected chi connectivity index (χ1v) is 6.52. The van der Waals surface area contributed by atoms with E-state index in [0.717, 1.165) is 19.3 Å². The van der Waals surface area contributed by atoms with Crippen molar-refractivity contribution in [3.8, 4) is 0 Å². The standard InChI is InChI=1S/C12H18ClN3O/c1-2-16-11(10(13)7-15-16)12(17)9-5-3-4-8(9)6-14/h7-9H,2-6,14H2,1H3. The number of hydrogen-bond acceptors (Lipinski definition) is 3. The van der Waals surface area contributed by atoms with E-state index in [2.05, 4.69) is 5.10 Å². The summed E-state index contributed by atoms with van der Waals surface area (Å²) in [7, 11) is 0. The summed E-state index contributed by atoms with van der Waals surface area (Å²) in [4.78, 5) is 12.5. The lowest BCUT2D eigenvalue weighted by Crippen LogP contribution is -2.27. The van der Waals surface area contributed by atoms with E-state index in [1.807, 2.05) is 6.92 Å². The molecule has 0 aliphatic heterocycles. The van der Waals surface area contributed by atoms with Gasteiger partial charge in [-0.1, -0.05) is 18.0 Å². The van der Waals surface area contributed by atoms with Gasteiger partial charge in [-0.3, -0.25) is 9.48 Å². The van der Waals surface area contributed by atoms with Gasteiger partial charge in [0, 0.05) is 12.5 Å². The highest BCUT2D eigenvalue weighted by Gasteiger charge is 2.34. The molecule has 1 heterocycles. The van der Waals surface area contributed by atoms with Gasteiger partial charge >= 0.3 is 0 Å². The fourth-order valence-electron chi connectivity index (χ4n) is 2.69. The number of aromatic nitrogens is 2. The summed E-state index contributed by atoms with van der Waals surface area (Å²) in [5.41, 5.74) is 6.27. The number of carbonyl (C=O) groups is 1. The van der Waals surface area contributed by atoms with Crippen molar-refractivity contribution in [1.29, 1.82) is 0 Å². The Balaban J connectivity index is 2.27. The molecule has 1 aromatic heterocycles. The lowest BCUT2D eigenvalue weighted by atomic mass is 9.90. The van der Waals surface area contributed by atoms with Crippen molar-refractivity contribution < 1.29 is 4.79 Å². The van der Waals surface area contributed by atoms with E-state index in [1.54, 1.807) is 10.9 Å². The number of ketones is 1. The van der Waals surface area contributed by atoms with Crippen molar-refractivity contribution in [3.63, 3.8) is 0 Å². The molecule has 1 aromatic rings. The van der Waals surface area contributed by atoms with Crippen LogP contribution in [0.15, 0.2) is 6.20 Å². The third kappa shape index (κ3) is 2.24. The van der Waals surface area contributed by atoms with Gasteiger partial charge in [0.15, 0.2) is 5.78 Å². The molecule has 0 bridgehead atoms. The predicted octanol–water partition coefficient (Wildman–Crippen LogP) is 2.11. The maximum Gasteiger partial charge on any atom is 0.185 e. The van der Waals surface area contributed by atoms with Crippen LogP contribution >= 0.6 is 11.6 Å². The molecule has 94 valence electrons. The minimum absolute atomic E-state index is 0.0273. The predicted molar refractivity (Wildman–Crippen MR) is 67.1 cm³/mol. The third-order valence-corrected chi connectivity index (χ3v) is 3.90. The van der Waals surface area contributed by atoms with Crippen LogP contribution in [-0.4, -0.2) is 22.1 Å². The molecule has 2 unspecified atom stereocenters. The fourth-order valence-corrected chi connectivity index (χ4v) is 2.92. The Bertz CT molecular complexity index is 416. The van der Waals surface area contributed by atoms with E-state index >= 15 is 0 Å². The molecule has 0 aromatic carbocycles. The number of rotatable bonds is 4. The minimum atomic E-state index is 0.0273. The van der Waals surface area contributed by atoms with E-state index in [1.165, 1.54) is 0 Å². The van der Waals surface area contributed by atoms with Crippen molar-refractivity contribution in [2.75, 3.05) is 6.54 Å². The Morgan fingerprint density at radius 3 is 3.06 bits per heavy atom. The first-order valence-electron chi connectivity index (χ1n) is 6.14. The average Bonchev–Trinajstić information content (AvgIpc) is 2.93. The molecule has 4 nitrogen and oxygen atoms in total. The van der Waals surface area contributed by atoms with Crippen LogP contribution in [0.2, 0.25) is 5.02 Å². The Kier molecular flexibility index (Phi) is 3.84. The van der Waals surface area contributed by atoms with Gasteiger partial charge in [0.05, 0.1) is 11.2 Å². The van der Waals surface area contributed by atoms with Gasteiger partial charge in [-0.2, -0.15) is 5.10 Å². The number of carbonyl (C=O) groups excluding carboxylic acids is 1. The Labute approximate surface area is 106 Å². The summed E-state index contributed by atoms with van der Waals surface area (Å²) in [6, 6.07) is 0. The van der Waals surface area contributed by atoms with Gasteiger partial charge in [0.25, 0.3) is 0 Å². The molecule has 2 rings (SSSR count). The first kappa shape index (κ1) is 12.6. The molecule has 1 aliphatic carbocycles. The van der Waals surface area contributed by atoms with Crippen LogP contribution in [0.25, 0.3) is 0 Å². The largest absolute Gasteiger partial charge is 0.330 e. The second-order valence-corrected chi connectivity index (χ2v) is 4.96. The molecule has 0 amide bonds.